The van der Waals surface area contributed by atoms with Crippen LogP contribution in [0.25, 0.3) is 0 Å². The first-order valence-electron chi connectivity index (χ1n) is 8.82. The highest BCUT2D eigenvalue weighted by Gasteiger charge is 2.40. The number of thioether (sulfide) groups is 1. The standard InChI is InChI=1S/C17H31NO2S/c1-18-16(5-4-15-3-2-9-19-15)14-6-10-20-17(13-14)7-11-21-12-8-17/h14-16,18H,2-13H2,1H3. The lowest BCUT2D eigenvalue weighted by Crippen LogP contribution is -2.48. The summed E-state index contributed by atoms with van der Waals surface area (Å²) in [6.45, 7) is 1.94. The van der Waals surface area contributed by atoms with E-state index in [1.807, 2.05) is 0 Å². The number of hydrogen-bond acceptors (Lipinski definition) is 4. The largest absolute Gasteiger partial charge is 0.378 e. The molecule has 3 aliphatic rings. The zero-order valence-electron chi connectivity index (χ0n) is 13.4. The Morgan fingerprint density at radius 3 is 2.81 bits per heavy atom. The molecule has 3 rings (SSSR count). The summed E-state index contributed by atoms with van der Waals surface area (Å²) in [4.78, 5) is 0. The van der Waals surface area contributed by atoms with E-state index < -0.39 is 0 Å². The molecule has 1 spiro atoms. The van der Waals surface area contributed by atoms with Gasteiger partial charge in [0.2, 0.25) is 0 Å². The highest BCUT2D eigenvalue weighted by atomic mass is 32.2. The van der Waals surface area contributed by atoms with Crippen molar-refractivity contribution in [2.45, 2.75) is 69.1 Å². The summed E-state index contributed by atoms with van der Waals surface area (Å²) in [5.74, 6) is 3.35. The van der Waals surface area contributed by atoms with Crippen LogP contribution in [0.4, 0.5) is 0 Å². The molecule has 3 heterocycles. The summed E-state index contributed by atoms with van der Waals surface area (Å²) < 4.78 is 12.0. The minimum Gasteiger partial charge on any atom is -0.378 e. The van der Waals surface area contributed by atoms with Gasteiger partial charge in [-0.15, -0.1) is 0 Å². The number of ether oxygens (including phenoxy) is 2. The Morgan fingerprint density at radius 2 is 2.10 bits per heavy atom. The molecule has 0 aliphatic carbocycles. The van der Waals surface area contributed by atoms with E-state index in [0.29, 0.717) is 12.1 Å². The van der Waals surface area contributed by atoms with Crippen LogP contribution in [0.3, 0.4) is 0 Å². The lowest BCUT2D eigenvalue weighted by Gasteiger charge is -2.45. The summed E-state index contributed by atoms with van der Waals surface area (Å²) in [6, 6.07) is 0.643. The van der Waals surface area contributed by atoms with Crippen LogP contribution in [0.5, 0.6) is 0 Å². The summed E-state index contributed by atoms with van der Waals surface area (Å²) in [6.07, 6.45) is 10.6. The van der Waals surface area contributed by atoms with Gasteiger partial charge < -0.3 is 14.8 Å². The average molecular weight is 314 g/mol. The molecular formula is C17H31NO2S. The minimum absolute atomic E-state index is 0.215. The second-order valence-corrected chi connectivity index (χ2v) is 8.23. The average Bonchev–Trinajstić information content (AvgIpc) is 3.02. The van der Waals surface area contributed by atoms with Gasteiger partial charge in [0.1, 0.15) is 0 Å². The molecule has 3 atom stereocenters. The van der Waals surface area contributed by atoms with Crippen molar-refractivity contribution in [3.05, 3.63) is 0 Å². The molecule has 0 aromatic carbocycles. The van der Waals surface area contributed by atoms with Gasteiger partial charge >= 0.3 is 0 Å². The van der Waals surface area contributed by atoms with Gasteiger partial charge in [-0.2, -0.15) is 11.8 Å². The number of nitrogens with one attached hydrogen (secondary N) is 1. The Hall–Kier alpha value is 0.230. The molecule has 21 heavy (non-hydrogen) atoms. The zero-order chi connectivity index (χ0) is 14.5. The van der Waals surface area contributed by atoms with Crippen LogP contribution in [0, 0.1) is 5.92 Å². The van der Waals surface area contributed by atoms with Crippen molar-refractivity contribution in [3.63, 3.8) is 0 Å². The Kier molecular flexibility index (Phi) is 5.88. The third kappa shape index (κ3) is 4.15. The minimum atomic E-state index is 0.215. The van der Waals surface area contributed by atoms with E-state index >= 15 is 0 Å². The number of rotatable bonds is 5. The fourth-order valence-electron chi connectivity index (χ4n) is 4.35. The highest BCUT2D eigenvalue weighted by Crippen LogP contribution is 2.41. The van der Waals surface area contributed by atoms with E-state index in [1.54, 1.807) is 0 Å². The second kappa shape index (κ2) is 7.67. The van der Waals surface area contributed by atoms with Gasteiger partial charge in [0.05, 0.1) is 11.7 Å². The first-order valence-corrected chi connectivity index (χ1v) is 9.97. The molecule has 1 N–H and O–H groups in total. The predicted molar refractivity (Wildman–Crippen MR) is 89.0 cm³/mol. The van der Waals surface area contributed by atoms with Crippen molar-refractivity contribution in [1.29, 1.82) is 0 Å². The predicted octanol–water partition coefficient (Wildman–Crippen LogP) is 3.23. The maximum Gasteiger partial charge on any atom is 0.0701 e. The van der Waals surface area contributed by atoms with Crippen molar-refractivity contribution in [3.8, 4) is 0 Å². The first-order chi connectivity index (χ1) is 10.3. The van der Waals surface area contributed by atoms with E-state index in [1.165, 1.54) is 62.9 Å². The third-order valence-corrected chi connectivity index (χ3v) is 6.68. The molecular weight excluding hydrogens is 282 g/mol. The molecule has 4 heteroatoms. The lowest BCUT2D eigenvalue weighted by atomic mass is 9.77. The van der Waals surface area contributed by atoms with Crippen LogP contribution in [0.15, 0.2) is 0 Å². The molecule has 3 aliphatic heterocycles. The maximum atomic E-state index is 6.24. The quantitative estimate of drug-likeness (QED) is 0.844. The van der Waals surface area contributed by atoms with Crippen LogP contribution < -0.4 is 5.32 Å². The van der Waals surface area contributed by atoms with Crippen LogP contribution >= 0.6 is 11.8 Å². The molecule has 0 bridgehead atoms. The smallest absolute Gasteiger partial charge is 0.0701 e. The fraction of sp³-hybridized carbons (Fsp3) is 1.00. The van der Waals surface area contributed by atoms with E-state index in [4.69, 9.17) is 9.47 Å². The summed E-state index contributed by atoms with van der Waals surface area (Å²) in [5.41, 5.74) is 0.215. The Morgan fingerprint density at radius 1 is 1.24 bits per heavy atom. The zero-order valence-corrected chi connectivity index (χ0v) is 14.3. The Labute approximate surface area is 133 Å². The summed E-state index contributed by atoms with van der Waals surface area (Å²) in [5, 5.41) is 3.60. The van der Waals surface area contributed by atoms with Gasteiger partial charge in [0.15, 0.2) is 0 Å². The Balaban J connectivity index is 1.52. The van der Waals surface area contributed by atoms with Crippen molar-refractivity contribution >= 4 is 11.8 Å². The first kappa shape index (κ1) is 16.1. The van der Waals surface area contributed by atoms with Gasteiger partial charge in [-0.3, -0.25) is 0 Å². The van der Waals surface area contributed by atoms with Crippen molar-refractivity contribution in [2.24, 2.45) is 5.92 Å². The fourth-order valence-corrected chi connectivity index (χ4v) is 5.59. The lowest BCUT2D eigenvalue weighted by molar-refractivity contribution is -0.107. The van der Waals surface area contributed by atoms with Crippen LogP contribution in [-0.4, -0.2) is 49.5 Å². The van der Waals surface area contributed by atoms with Gasteiger partial charge in [0.25, 0.3) is 0 Å². The van der Waals surface area contributed by atoms with Crippen molar-refractivity contribution in [1.82, 2.24) is 5.32 Å². The molecule has 122 valence electrons. The van der Waals surface area contributed by atoms with E-state index in [0.717, 1.165) is 19.1 Å². The normalized spacial score (nSPS) is 34.1. The Bertz CT molecular complexity index is 308. The molecule has 3 unspecified atom stereocenters. The van der Waals surface area contributed by atoms with E-state index in [9.17, 15) is 0 Å². The van der Waals surface area contributed by atoms with Gasteiger partial charge in [0, 0.05) is 19.3 Å². The molecule has 0 saturated carbocycles. The van der Waals surface area contributed by atoms with Crippen LogP contribution in [0.1, 0.15) is 51.4 Å². The van der Waals surface area contributed by atoms with Crippen molar-refractivity contribution < 1.29 is 9.47 Å². The van der Waals surface area contributed by atoms with Crippen molar-refractivity contribution in [2.75, 3.05) is 31.8 Å². The molecule has 0 amide bonds. The second-order valence-electron chi connectivity index (χ2n) is 7.00. The molecule has 3 saturated heterocycles. The SMILES string of the molecule is CNC(CCC1CCCO1)C1CCOC2(CCSCC2)C1. The topological polar surface area (TPSA) is 30.5 Å². The van der Waals surface area contributed by atoms with Gasteiger partial charge in [-0.05, 0) is 75.8 Å². The molecule has 3 nitrogen and oxygen atoms in total. The van der Waals surface area contributed by atoms with Gasteiger partial charge in [-0.25, -0.2) is 0 Å². The highest BCUT2D eigenvalue weighted by molar-refractivity contribution is 7.99. The third-order valence-electron chi connectivity index (χ3n) is 5.70. The summed E-state index contributed by atoms with van der Waals surface area (Å²) in [7, 11) is 2.14. The van der Waals surface area contributed by atoms with Gasteiger partial charge in [-0.1, -0.05) is 0 Å². The maximum absolute atomic E-state index is 6.24. The van der Waals surface area contributed by atoms with Crippen LogP contribution in [0.2, 0.25) is 0 Å². The van der Waals surface area contributed by atoms with Crippen LogP contribution in [-0.2, 0) is 9.47 Å². The monoisotopic (exact) mass is 313 g/mol. The summed E-state index contributed by atoms with van der Waals surface area (Å²) >= 11 is 2.09. The molecule has 3 fully saturated rings. The van der Waals surface area contributed by atoms with E-state index in [2.05, 4.69) is 24.1 Å². The molecule has 0 aromatic rings. The number of hydrogen-bond donors (Lipinski definition) is 1. The molecule has 0 radical (unpaired) electrons. The van der Waals surface area contributed by atoms with E-state index in [-0.39, 0.29) is 5.60 Å². The molecule has 0 aromatic heterocycles.